The zero-order chi connectivity index (χ0) is 33.8. The molecule has 0 amide bonds. The van der Waals surface area contributed by atoms with Gasteiger partial charge in [-0.15, -0.1) is 0 Å². The molecule has 0 saturated carbocycles. The van der Waals surface area contributed by atoms with Crippen molar-refractivity contribution in [1.82, 2.24) is 9.13 Å². The van der Waals surface area contributed by atoms with Crippen molar-refractivity contribution in [1.29, 1.82) is 10.5 Å². The molecule has 5 heteroatoms. The molecule has 0 spiro atoms. The fourth-order valence-corrected chi connectivity index (χ4v) is 7.37. The van der Waals surface area contributed by atoms with Gasteiger partial charge in [-0.3, -0.25) is 0 Å². The van der Waals surface area contributed by atoms with Crippen molar-refractivity contribution in [2.75, 3.05) is 0 Å². The van der Waals surface area contributed by atoms with Crippen LogP contribution < -0.4 is 0 Å². The Bertz CT molecular complexity index is 2900. The van der Waals surface area contributed by atoms with Gasteiger partial charge in [0.25, 0.3) is 0 Å². The Morgan fingerprint density at radius 2 is 1.04 bits per heavy atom. The SMILES string of the molecule is [C-]#[N+]c1cc(C#N)cc(-c2ccc(-c3cccc(-n4c5ccccc5c5cc(C#N)ccc54)c3)cc2)c1-n1c2ccccc2c2ccccc21. The smallest absolute Gasteiger partial charge is 0.212 e. The molecule has 0 radical (unpaired) electrons. The Balaban J connectivity index is 1.19. The minimum Gasteiger partial charge on any atom is -0.318 e. The van der Waals surface area contributed by atoms with Crippen LogP contribution in [0.5, 0.6) is 0 Å². The summed E-state index contributed by atoms with van der Waals surface area (Å²) in [5, 5.41) is 23.9. The predicted molar refractivity (Wildman–Crippen MR) is 202 cm³/mol. The number of hydrogen-bond acceptors (Lipinski definition) is 2. The molecule has 0 saturated heterocycles. The van der Waals surface area contributed by atoms with Crippen LogP contribution in [-0.4, -0.2) is 9.13 Å². The molecule has 0 fully saturated rings. The number of nitriles is 2. The molecule has 0 bridgehead atoms. The summed E-state index contributed by atoms with van der Waals surface area (Å²) in [5.74, 6) is 0. The van der Waals surface area contributed by atoms with Gasteiger partial charge < -0.3 is 9.13 Å². The van der Waals surface area contributed by atoms with Gasteiger partial charge in [0, 0.05) is 32.8 Å². The summed E-state index contributed by atoms with van der Waals surface area (Å²) in [6, 6.07) is 55.6. The van der Waals surface area contributed by atoms with Gasteiger partial charge in [0.05, 0.1) is 52.0 Å². The largest absolute Gasteiger partial charge is 0.318 e. The molecular weight excluding hydrogens is 611 g/mol. The van der Waals surface area contributed by atoms with Gasteiger partial charge in [-0.25, -0.2) is 4.85 Å². The van der Waals surface area contributed by atoms with Gasteiger partial charge in [-0.2, -0.15) is 10.5 Å². The van der Waals surface area contributed by atoms with E-state index < -0.39 is 0 Å². The van der Waals surface area contributed by atoms with Crippen LogP contribution in [0.1, 0.15) is 11.1 Å². The Hall–Kier alpha value is -7.39. The fraction of sp³-hybridized carbons (Fsp3) is 0. The first-order valence-electron chi connectivity index (χ1n) is 16.3. The molecule has 9 aromatic rings. The standard InChI is InChI=1S/C45H25N5/c1-48-40-25-30(28-47)24-38(45(40)50-42-15-6-2-11-35(42)36-12-3-7-16-43(36)50)32-20-18-31(19-21-32)33-9-8-10-34(26-33)49-41-14-5-4-13-37(41)39-23-29(27-46)17-22-44(39)49/h2-26H. The van der Waals surface area contributed by atoms with Crippen molar-refractivity contribution >= 4 is 49.3 Å². The van der Waals surface area contributed by atoms with Crippen LogP contribution in [0.15, 0.2) is 152 Å². The average molecular weight is 636 g/mol. The summed E-state index contributed by atoms with van der Waals surface area (Å²) < 4.78 is 4.41. The summed E-state index contributed by atoms with van der Waals surface area (Å²) in [6.07, 6.45) is 0. The lowest BCUT2D eigenvalue weighted by molar-refractivity contribution is 1.18. The number of rotatable bonds is 4. The summed E-state index contributed by atoms with van der Waals surface area (Å²) >= 11 is 0. The van der Waals surface area contributed by atoms with Crippen molar-refractivity contribution in [3.05, 3.63) is 174 Å². The number of fused-ring (bicyclic) bond motifs is 6. The van der Waals surface area contributed by atoms with E-state index in [4.69, 9.17) is 6.57 Å². The van der Waals surface area contributed by atoms with Crippen LogP contribution in [0.25, 0.3) is 82.1 Å². The first-order chi connectivity index (χ1) is 24.7. The molecule has 230 valence electrons. The minimum absolute atomic E-state index is 0.426. The molecule has 5 nitrogen and oxygen atoms in total. The lowest BCUT2D eigenvalue weighted by atomic mass is 9.96. The van der Waals surface area contributed by atoms with Crippen LogP contribution in [-0.2, 0) is 0 Å². The molecule has 50 heavy (non-hydrogen) atoms. The number of benzene rings is 7. The predicted octanol–water partition coefficient (Wildman–Crippen LogP) is 11.5. The average Bonchev–Trinajstić information content (AvgIpc) is 3.70. The molecule has 0 unspecified atom stereocenters. The van der Waals surface area contributed by atoms with Crippen molar-refractivity contribution in [2.24, 2.45) is 0 Å². The van der Waals surface area contributed by atoms with Crippen LogP contribution in [0.4, 0.5) is 5.69 Å². The number of aromatic nitrogens is 2. The molecule has 0 atom stereocenters. The normalized spacial score (nSPS) is 11.1. The molecule has 9 rings (SSSR count). The number of para-hydroxylation sites is 3. The van der Waals surface area contributed by atoms with Crippen molar-refractivity contribution < 1.29 is 0 Å². The molecule has 2 heterocycles. The molecule has 0 aliphatic carbocycles. The monoisotopic (exact) mass is 635 g/mol. The Kier molecular flexibility index (Phi) is 6.56. The molecule has 0 aliphatic rings. The second-order valence-corrected chi connectivity index (χ2v) is 12.3. The van der Waals surface area contributed by atoms with Crippen LogP contribution >= 0.6 is 0 Å². The van der Waals surface area contributed by atoms with Crippen molar-refractivity contribution in [2.45, 2.75) is 0 Å². The van der Waals surface area contributed by atoms with E-state index in [9.17, 15) is 10.5 Å². The molecular formula is C45H25N5. The maximum atomic E-state index is 9.97. The Morgan fingerprint density at radius 3 is 1.68 bits per heavy atom. The maximum Gasteiger partial charge on any atom is 0.212 e. The highest BCUT2D eigenvalue weighted by Gasteiger charge is 2.20. The number of hydrogen-bond donors (Lipinski definition) is 0. The first-order valence-corrected chi connectivity index (χ1v) is 16.3. The van der Waals surface area contributed by atoms with E-state index in [1.165, 1.54) is 0 Å². The third-order valence-corrected chi connectivity index (χ3v) is 9.58. The van der Waals surface area contributed by atoms with Gasteiger partial charge in [-0.1, -0.05) is 91.0 Å². The van der Waals surface area contributed by atoms with Gasteiger partial charge >= 0.3 is 0 Å². The lowest BCUT2D eigenvalue weighted by Gasteiger charge is -2.17. The zero-order valence-electron chi connectivity index (χ0n) is 26.7. The van der Waals surface area contributed by atoms with E-state index in [2.05, 4.69) is 111 Å². The molecule has 7 aromatic carbocycles. The van der Waals surface area contributed by atoms with Crippen LogP contribution in [0, 0.1) is 29.2 Å². The highest BCUT2D eigenvalue weighted by molar-refractivity contribution is 6.11. The molecule has 0 aliphatic heterocycles. The summed E-state index contributed by atoms with van der Waals surface area (Å²) in [7, 11) is 0. The highest BCUT2D eigenvalue weighted by Crippen LogP contribution is 2.42. The lowest BCUT2D eigenvalue weighted by Crippen LogP contribution is -1.99. The quantitative estimate of drug-likeness (QED) is 0.181. The first kappa shape index (κ1) is 28.8. The van der Waals surface area contributed by atoms with Crippen molar-refractivity contribution in [3.63, 3.8) is 0 Å². The third kappa shape index (κ3) is 4.38. The molecule has 2 aromatic heterocycles. The summed E-state index contributed by atoms with van der Waals surface area (Å²) in [5.41, 5.74) is 11.3. The van der Waals surface area contributed by atoms with Gasteiger partial charge in [-0.05, 0) is 82.9 Å². The second-order valence-electron chi connectivity index (χ2n) is 12.3. The Labute approximate surface area is 288 Å². The molecule has 0 N–H and O–H groups in total. The van der Waals surface area contributed by atoms with Gasteiger partial charge in [0.1, 0.15) is 0 Å². The topological polar surface area (TPSA) is 61.8 Å². The highest BCUT2D eigenvalue weighted by atomic mass is 15.0. The van der Waals surface area contributed by atoms with Gasteiger partial charge in [0.15, 0.2) is 0 Å². The van der Waals surface area contributed by atoms with Gasteiger partial charge in [0.2, 0.25) is 5.69 Å². The minimum atomic E-state index is 0.426. The number of nitrogens with zero attached hydrogens (tertiary/aromatic N) is 5. The summed E-state index contributed by atoms with van der Waals surface area (Å²) in [4.78, 5) is 3.95. The zero-order valence-corrected chi connectivity index (χ0v) is 26.7. The van der Waals surface area contributed by atoms with Crippen LogP contribution in [0.2, 0.25) is 0 Å². The second kappa shape index (κ2) is 11.4. The third-order valence-electron chi connectivity index (χ3n) is 9.58. The van der Waals surface area contributed by atoms with Crippen LogP contribution in [0.3, 0.4) is 0 Å². The van der Waals surface area contributed by atoms with E-state index >= 15 is 0 Å². The summed E-state index contributed by atoms with van der Waals surface area (Å²) in [6.45, 7) is 8.17. The van der Waals surface area contributed by atoms with E-state index in [1.54, 1.807) is 6.07 Å². The van der Waals surface area contributed by atoms with E-state index in [-0.39, 0.29) is 0 Å². The van der Waals surface area contributed by atoms with E-state index in [0.29, 0.717) is 16.8 Å². The maximum absolute atomic E-state index is 9.97. The van der Waals surface area contributed by atoms with E-state index in [1.807, 2.05) is 60.7 Å². The Morgan fingerprint density at radius 1 is 0.460 bits per heavy atom. The van der Waals surface area contributed by atoms with E-state index in [0.717, 1.165) is 77.2 Å². The fourth-order valence-electron chi connectivity index (χ4n) is 7.37. The van der Waals surface area contributed by atoms with Crippen molar-refractivity contribution in [3.8, 4) is 45.8 Å².